The summed E-state index contributed by atoms with van der Waals surface area (Å²) < 4.78 is 27.1. The Morgan fingerprint density at radius 2 is 1.71 bits per heavy atom. The molecule has 1 rings (SSSR count). The molecule has 0 aromatic heterocycles. The van der Waals surface area contributed by atoms with Gasteiger partial charge in [-0.25, -0.2) is 8.42 Å². The molecule has 0 aliphatic rings. The molecule has 4 heteroatoms. The fourth-order valence-electron chi connectivity index (χ4n) is 1.23. The van der Waals surface area contributed by atoms with E-state index in [4.69, 9.17) is 0 Å². The minimum Gasteiger partial charge on any atom is -0.204 e. The molecule has 0 saturated heterocycles. The molecule has 1 aromatic rings. The Labute approximate surface area is 104 Å². The van der Waals surface area contributed by atoms with Gasteiger partial charge in [-0.3, -0.25) is 0 Å². The second-order valence-electron chi connectivity index (χ2n) is 4.84. The molecular weight excluding hydrogens is 234 g/mol. The Hall–Kier alpha value is -1.16. The van der Waals surface area contributed by atoms with E-state index in [-0.39, 0.29) is 0 Å². The van der Waals surface area contributed by atoms with Crippen LogP contribution in [-0.4, -0.2) is 18.9 Å². The second kappa shape index (κ2) is 5.00. The largest absolute Gasteiger partial charge is 0.258 e. The lowest BCUT2D eigenvalue weighted by atomic mass is 10.1. The summed E-state index contributed by atoms with van der Waals surface area (Å²) in [5, 5.41) is 0. The summed E-state index contributed by atoms with van der Waals surface area (Å²) in [6, 6.07) is 9.41. The SMILES string of the molecule is CC/C(=N\S(=O)(=O)C(C)(C)C)c1ccccc1. The molecule has 0 unspecified atom stereocenters. The van der Waals surface area contributed by atoms with Gasteiger partial charge in [-0.15, -0.1) is 0 Å². The molecule has 0 N–H and O–H groups in total. The summed E-state index contributed by atoms with van der Waals surface area (Å²) in [6.07, 6.45) is 0.597. The zero-order valence-corrected chi connectivity index (χ0v) is 11.6. The van der Waals surface area contributed by atoms with E-state index >= 15 is 0 Å². The first-order valence-electron chi connectivity index (χ1n) is 5.66. The van der Waals surface area contributed by atoms with Crippen molar-refractivity contribution in [1.29, 1.82) is 0 Å². The van der Waals surface area contributed by atoms with E-state index < -0.39 is 14.8 Å². The van der Waals surface area contributed by atoms with Gasteiger partial charge in [0.1, 0.15) is 0 Å². The van der Waals surface area contributed by atoms with Crippen LogP contribution in [0.3, 0.4) is 0 Å². The van der Waals surface area contributed by atoms with Crippen molar-refractivity contribution in [1.82, 2.24) is 0 Å². The van der Waals surface area contributed by atoms with Gasteiger partial charge in [-0.2, -0.15) is 4.40 Å². The van der Waals surface area contributed by atoms with Crippen molar-refractivity contribution in [3.63, 3.8) is 0 Å². The van der Waals surface area contributed by atoms with E-state index in [9.17, 15) is 8.42 Å². The van der Waals surface area contributed by atoms with E-state index in [1.165, 1.54) is 0 Å². The Bertz CT molecular complexity index is 496. The molecule has 0 saturated carbocycles. The normalized spacial score (nSPS) is 13.8. The smallest absolute Gasteiger partial charge is 0.204 e. The van der Waals surface area contributed by atoms with Gasteiger partial charge in [0.25, 0.3) is 10.0 Å². The van der Waals surface area contributed by atoms with Gasteiger partial charge in [0.05, 0.1) is 10.5 Å². The molecule has 0 amide bonds. The van der Waals surface area contributed by atoms with Gasteiger partial charge in [0.2, 0.25) is 0 Å². The van der Waals surface area contributed by atoms with Gasteiger partial charge < -0.3 is 0 Å². The summed E-state index contributed by atoms with van der Waals surface area (Å²) in [7, 11) is -3.47. The van der Waals surface area contributed by atoms with Crippen molar-refractivity contribution < 1.29 is 8.42 Å². The van der Waals surface area contributed by atoms with Crippen molar-refractivity contribution in [2.24, 2.45) is 4.40 Å². The van der Waals surface area contributed by atoms with Gasteiger partial charge >= 0.3 is 0 Å². The average molecular weight is 253 g/mol. The van der Waals surface area contributed by atoms with Crippen LogP contribution in [0, 0.1) is 0 Å². The summed E-state index contributed by atoms with van der Waals surface area (Å²) in [6.45, 7) is 6.88. The van der Waals surface area contributed by atoms with Gasteiger partial charge in [-0.05, 0) is 32.8 Å². The average Bonchev–Trinajstić information content (AvgIpc) is 2.25. The van der Waals surface area contributed by atoms with Crippen LogP contribution < -0.4 is 0 Å². The maximum absolute atomic E-state index is 12.0. The van der Waals surface area contributed by atoms with Crippen LogP contribution >= 0.6 is 0 Å². The van der Waals surface area contributed by atoms with Crippen LogP contribution in [-0.2, 0) is 10.0 Å². The van der Waals surface area contributed by atoms with Crippen LogP contribution in [0.2, 0.25) is 0 Å². The molecule has 0 spiro atoms. The lowest BCUT2D eigenvalue weighted by Gasteiger charge is -2.16. The summed E-state index contributed by atoms with van der Waals surface area (Å²) in [4.78, 5) is 0. The first-order valence-corrected chi connectivity index (χ1v) is 7.11. The number of hydrogen-bond donors (Lipinski definition) is 0. The Kier molecular flexibility index (Phi) is 4.09. The molecule has 0 bridgehead atoms. The van der Waals surface area contributed by atoms with E-state index in [2.05, 4.69) is 4.40 Å². The first kappa shape index (κ1) is 13.9. The molecule has 0 atom stereocenters. The Morgan fingerprint density at radius 1 is 1.18 bits per heavy atom. The number of sulfonamides is 1. The molecule has 0 radical (unpaired) electrons. The second-order valence-corrected chi connectivity index (χ2v) is 7.20. The third kappa shape index (κ3) is 3.40. The van der Waals surface area contributed by atoms with Crippen molar-refractivity contribution in [3.8, 4) is 0 Å². The molecule has 1 aromatic carbocycles. The number of hydrogen-bond acceptors (Lipinski definition) is 2. The standard InChI is InChI=1S/C13H19NO2S/c1-5-12(11-9-7-6-8-10-11)14-17(15,16)13(2,3)4/h6-10H,5H2,1-4H3/b14-12+. The van der Waals surface area contributed by atoms with Gasteiger partial charge in [0, 0.05) is 0 Å². The maximum Gasteiger partial charge on any atom is 0.258 e. The van der Waals surface area contributed by atoms with E-state index in [1.54, 1.807) is 20.8 Å². The topological polar surface area (TPSA) is 46.5 Å². The Morgan fingerprint density at radius 3 is 2.12 bits per heavy atom. The number of benzene rings is 1. The molecule has 94 valence electrons. The predicted octanol–water partition coefficient (Wildman–Crippen LogP) is 3.01. The molecule has 0 aliphatic heterocycles. The van der Waals surface area contributed by atoms with Crippen molar-refractivity contribution in [2.45, 2.75) is 38.9 Å². The van der Waals surface area contributed by atoms with Crippen LogP contribution in [0.4, 0.5) is 0 Å². The summed E-state index contributed by atoms with van der Waals surface area (Å²) >= 11 is 0. The molecular formula is C13H19NO2S. The highest BCUT2D eigenvalue weighted by molar-refractivity contribution is 7.91. The molecule has 0 fully saturated rings. The number of rotatable bonds is 3. The fraction of sp³-hybridized carbons (Fsp3) is 0.462. The quantitative estimate of drug-likeness (QED) is 0.777. The minimum absolute atomic E-state index is 0.597. The van der Waals surface area contributed by atoms with E-state index in [0.717, 1.165) is 5.56 Å². The highest BCUT2D eigenvalue weighted by Gasteiger charge is 2.28. The third-order valence-corrected chi connectivity index (χ3v) is 4.45. The maximum atomic E-state index is 12.0. The van der Waals surface area contributed by atoms with E-state index in [1.807, 2.05) is 37.3 Å². The van der Waals surface area contributed by atoms with Gasteiger partial charge in [-0.1, -0.05) is 37.3 Å². The van der Waals surface area contributed by atoms with Crippen molar-refractivity contribution in [3.05, 3.63) is 35.9 Å². The minimum atomic E-state index is -3.47. The first-order chi connectivity index (χ1) is 7.78. The number of nitrogens with zero attached hydrogens (tertiary/aromatic N) is 1. The lowest BCUT2D eigenvalue weighted by Crippen LogP contribution is -2.27. The third-order valence-electron chi connectivity index (χ3n) is 2.45. The predicted molar refractivity (Wildman–Crippen MR) is 71.9 cm³/mol. The van der Waals surface area contributed by atoms with Crippen molar-refractivity contribution >= 4 is 15.7 Å². The highest BCUT2D eigenvalue weighted by atomic mass is 32.2. The summed E-state index contributed by atoms with van der Waals surface area (Å²) in [5.74, 6) is 0. The van der Waals surface area contributed by atoms with Gasteiger partial charge in [0.15, 0.2) is 0 Å². The molecule has 0 heterocycles. The van der Waals surface area contributed by atoms with Crippen LogP contribution in [0.15, 0.2) is 34.7 Å². The van der Waals surface area contributed by atoms with Crippen molar-refractivity contribution in [2.75, 3.05) is 0 Å². The van der Waals surface area contributed by atoms with Crippen LogP contribution in [0.1, 0.15) is 39.7 Å². The molecule has 0 aliphatic carbocycles. The molecule has 3 nitrogen and oxygen atoms in total. The van der Waals surface area contributed by atoms with Crippen LogP contribution in [0.5, 0.6) is 0 Å². The molecule has 17 heavy (non-hydrogen) atoms. The Balaban J connectivity index is 3.22. The fourth-order valence-corrected chi connectivity index (χ4v) is 2.03. The van der Waals surface area contributed by atoms with Crippen LogP contribution in [0.25, 0.3) is 0 Å². The zero-order chi connectivity index (χ0) is 13.1. The van der Waals surface area contributed by atoms with E-state index in [0.29, 0.717) is 12.1 Å². The highest BCUT2D eigenvalue weighted by Crippen LogP contribution is 2.19. The monoisotopic (exact) mass is 253 g/mol. The lowest BCUT2D eigenvalue weighted by molar-refractivity contribution is 0.562. The zero-order valence-electron chi connectivity index (χ0n) is 10.8. The summed E-state index contributed by atoms with van der Waals surface area (Å²) in [5.41, 5.74) is 1.48.